The van der Waals surface area contributed by atoms with Crippen LogP contribution in [-0.2, 0) is 19.7 Å². The van der Waals surface area contributed by atoms with Crippen LogP contribution in [0.4, 0.5) is 0 Å². The van der Waals surface area contributed by atoms with Crippen LogP contribution in [-0.4, -0.2) is 73.9 Å². The topological polar surface area (TPSA) is 121 Å². The molecule has 1 amide bonds. The van der Waals surface area contributed by atoms with Gasteiger partial charge >= 0.3 is 5.97 Å². The van der Waals surface area contributed by atoms with Crippen molar-refractivity contribution < 1.29 is 32.1 Å². The molecule has 0 spiro atoms. The van der Waals surface area contributed by atoms with Crippen LogP contribution >= 0.6 is 0 Å². The van der Waals surface area contributed by atoms with E-state index in [9.17, 15) is 18.0 Å². The van der Waals surface area contributed by atoms with Gasteiger partial charge in [-0.1, -0.05) is 13.8 Å². The predicted octanol–water partition coefficient (Wildman–Crippen LogP) is 0.204. The molecule has 3 N–H and O–H groups in total. The fraction of sp³-hybridized carbons (Fsp3) is 0.857. The number of amides is 1. The van der Waals surface area contributed by atoms with E-state index in [2.05, 4.69) is 5.32 Å². The predicted molar refractivity (Wildman–Crippen MR) is 86.5 cm³/mol. The number of quaternary nitrogens is 1. The Balaban J connectivity index is 4.05. The lowest BCUT2D eigenvalue weighted by Crippen LogP contribution is -2.43. The number of hydrogen-bond acceptors (Lipinski definition) is 4. The van der Waals surface area contributed by atoms with Crippen LogP contribution in [0.5, 0.6) is 0 Å². The summed E-state index contributed by atoms with van der Waals surface area (Å²) in [6.45, 7) is 4.86. The third-order valence-corrected chi connectivity index (χ3v) is 4.76. The van der Waals surface area contributed by atoms with E-state index < -0.39 is 27.9 Å². The monoisotopic (exact) mass is 353 g/mol. The van der Waals surface area contributed by atoms with E-state index in [0.29, 0.717) is 30.4 Å². The summed E-state index contributed by atoms with van der Waals surface area (Å²) in [7, 11) is -0.0319. The van der Waals surface area contributed by atoms with Crippen LogP contribution in [0.2, 0.25) is 0 Å². The zero-order chi connectivity index (χ0) is 18.3. The van der Waals surface area contributed by atoms with Crippen molar-refractivity contribution in [2.24, 2.45) is 11.8 Å². The molecule has 0 rings (SSSR count). The van der Waals surface area contributed by atoms with E-state index >= 15 is 0 Å². The Labute approximate surface area is 138 Å². The van der Waals surface area contributed by atoms with Crippen LogP contribution in [0.1, 0.15) is 26.7 Å². The van der Waals surface area contributed by atoms with Crippen molar-refractivity contribution in [3.8, 4) is 0 Å². The van der Waals surface area contributed by atoms with Crippen molar-refractivity contribution in [2.75, 3.05) is 39.5 Å². The smallest absolute Gasteiger partial charge is 0.307 e. The molecule has 0 aliphatic heterocycles. The van der Waals surface area contributed by atoms with Crippen molar-refractivity contribution in [1.82, 2.24) is 5.32 Å². The fourth-order valence-corrected chi connectivity index (χ4v) is 2.60. The van der Waals surface area contributed by atoms with Crippen LogP contribution in [0.25, 0.3) is 0 Å². The largest absolute Gasteiger partial charge is 0.481 e. The summed E-state index contributed by atoms with van der Waals surface area (Å²) in [6, 6.07) is 0. The maximum atomic E-state index is 11.8. The third kappa shape index (κ3) is 10.2. The number of nitrogens with one attached hydrogen (secondary N) is 1. The van der Waals surface area contributed by atoms with Gasteiger partial charge in [0.15, 0.2) is 0 Å². The zero-order valence-electron chi connectivity index (χ0n) is 14.3. The van der Waals surface area contributed by atoms with Gasteiger partial charge in [-0.25, -0.2) is 0 Å². The highest BCUT2D eigenvalue weighted by Gasteiger charge is 2.25. The van der Waals surface area contributed by atoms with Gasteiger partial charge in [0.25, 0.3) is 10.1 Å². The maximum absolute atomic E-state index is 11.8. The molecule has 0 bridgehead atoms. The average molecular weight is 353 g/mol. The first-order valence-corrected chi connectivity index (χ1v) is 9.24. The van der Waals surface area contributed by atoms with Crippen LogP contribution in [0.15, 0.2) is 0 Å². The zero-order valence-corrected chi connectivity index (χ0v) is 15.1. The maximum Gasteiger partial charge on any atom is 0.307 e. The minimum absolute atomic E-state index is 0.254. The minimum atomic E-state index is -3.92. The molecule has 0 heterocycles. The summed E-state index contributed by atoms with van der Waals surface area (Å²) < 4.78 is 30.6. The summed E-state index contributed by atoms with van der Waals surface area (Å²) in [5, 5.41) is 11.6. The van der Waals surface area contributed by atoms with Crippen molar-refractivity contribution in [3.63, 3.8) is 0 Å². The fourth-order valence-electron chi connectivity index (χ4n) is 2.11. The van der Waals surface area contributed by atoms with E-state index in [1.165, 1.54) is 6.92 Å². The van der Waals surface area contributed by atoms with Gasteiger partial charge in [0.05, 0.1) is 38.9 Å². The highest BCUT2D eigenvalue weighted by Crippen LogP contribution is 2.11. The Hall–Kier alpha value is -1.19. The van der Waals surface area contributed by atoms with E-state index in [1.54, 1.807) is 6.92 Å². The minimum Gasteiger partial charge on any atom is -0.481 e. The number of hydrogen-bond donors (Lipinski definition) is 3. The van der Waals surface area contributed by atoms with E-state index in [0.717, 1.165) is 6.54 Å². The standard InChI is InChI=1S/C14H28N2O6S/c1-11(12(2)14(18)19)13(17)15-7-5-8-16(3,4)9-6-10-23(20,21)22/h11-12H,5-10H2,1-4H3,(H2-,15,17,18,19,20,21,22)/p+1. The second kappa shape index (κ2) is 9.19. The summed E-state index contributed by atoms with van der Waals surface area (Å²) in [5.41, 5.74) is 0. The molecule has 2 unspecified atom stereocenters. The Morgan fingerprint density at radius 1 is 1.09 bits per heavy atom. The summed E-state index contributed by atoms with van der Waals surface area (Å²) in [4.78, 5) is 22.7. The number of carboxylic acid groups (broad SMARTS) is 1. The first-order valence-electron chi connectivity index (χ1n) is 7.63. The van der Waals surface area contributed by atoms with Gasteiger partial charge in [-0.05, 0) is 0 Å². The Morgan fingerprint density at radius 2 is 1.61 bits per heavy atom. The quantitative estimate of drug-likeness (QED) is 0.277. The molecule has 0 aromatic heterocycles. The Bertz CT molecular complexity index is 503. The average Bonchev–Trinajstić information content (AvgIpc) is 2.39. The molecule has 0 radical (unpaired) electrons. The van der Waals surface area contributed by atoms with Crippen molar-refractivity contribution in [3.05, 3.63) is 0 Å². The molecule has 0 aliphatic carbocycles. The Kier molecular flexibility index (Phi) is 8.71. The summed E-state index contributed by atoms with van der Waals surface area (Å²) in [5.74, 6) is -2.86. The lowest BCUT2D eigenvalue weighted by Gasteiger charge is -2.29. The second-order valence-electron chi connectivity index (χ2n) is 6.58. The van der Waals surface area contributed by atoms with Crippen molar-refractivity contribution >= 4 is 22.0 Å². The van der Waals surface area contributed by atoms with Gasteiger partial charge in [0, 0.05) is 25.3 Å². The molecular weight excluding hydrogens is 324 g/mol. The molecule has 8 nitrogen and oxygen atoms in total. The summed E-state index contributed by atoms with van der Waals surface area (Å²) >= 11 is 0. The Morgan fingerprint density at radius 3 is 2.09 bits per heavy atom. The van der Waals surface area contributed by atoms with Crippen LogP contribution in [0.3, 0.4) is 0 Å². The van der Waals surface area contributed by atoms with E-state index in [-0.39, 0.29) is 11.7 Å². The number of rotatable bonds is 11. The molecule has 23 heavy (non-hydrogen) atoms. The van der Waals surface area contributed by atoms with Gasteiger partial charge in [0.2, 0.25) is 5.91 Å². The molecular formula is C14H29N2O6S+. The molecule has 0 saturated heterocycles. The summed E-state index contributed by atoms with van der Waals surface area (Å²) in [6.07, 6.45) is 1.06. The SMILES string of the molecule is CC(C(=O)O)C(C)C(=O)NCCC[N+](C)(C)CCCS(=O)(=O)O. The third-order valence-electron chi connectivity index (χ3n) is 3.96. The van der Waals surface area contributed by atoms with Crippen molar-refractivity contribution in [1.29, 1.82) is 0 Å². The van der Waals surface area contributed by atoms with Gasteiger partial charge in [-0.3, -0.25) is 14.1 Å². The van der Waals surface area contributed by atoms with Crippen LogP contribution in [0, 0.1) is 11.8 Å². The van der Waals surface area contributed by atoms with Gasteiger partial charge in [0.1, 0.15) is 0 Å². The lowest BCUT2D eigenvalue weighted by molar-refractivity contribution is -0.890. The normalized spacial score (nSPS) is 15.0. The van der Waals surface area contributed by atoms with Crippen LogP contribution < -0.4 is 5.32 Å². The second-order valence-corrected chi connectivity index (χ2v) is 8.15. The molecule has 2 atom stereocenters. The molecule has 0 aliphatic rings. The van der Waals surface area contributed by atoms with Gasteiger partial charge in [-0.2, -0.15) is 8.42 Å². The number of carboxylic acids is 1. The van der Waals surface area contributed by atoms with Crippen molar-refractivity contribution in [2.45, 2.75) is 26.7 Å². The number of carbonyl (C=O) groups is 2. The molecule has 0 aromatic carbocycles. The highest BCUT2D eigenvalue weighted by atomic mass is 32.2. The van der Waals surface area contributed by atoms with Gasteiger partial charge < -0.3 is 14.9 Å². The lowest BCUT2D eigenvalue weighted by atomic mass is 9.95. The first-order chi connectivity index (χ1) is 10.4. The molecule has 9 heteroatoms. The van der Waals surface area contributed by atoms with E-state index in [1.807, 2.05) is 14.1 Å². The van der Waals surface area contributed by atoms with E-state index in [4.69, 9.17) is 9.66 Å². The van der Waals surface area contributed by atoms with Gasteiger partial charge in [-0.15, -0.1) is 0 Å². The number of carbonyl (C=O) groups excluding carboxylic acids is 1. The molecule has 0 saturated carbocycles. The molecule has 0 fully saturated rings. The highest BCUT2D eigenvalue weighted by molar-refractivity contribution is 7.85. The molecule has 136 valence electrons. The first kappa shape index (κ1) is 21.8. The molecule has 0 aromatic rings. The number of aliphatic carboxylic acids is 1. The number of nitrogens with zero attached hydrogens (tertiary/aromatic N) is 1.